The van der Waals surface area contributed by atoms with Crippen LogP contribution in [0.25, 0.3) is 0 Å². The van der Waals surface area contributed by atoms with Crippen LogP contribution < -0.4 is 10.1 Å². The third-order valence-electron chi connectivity index (χ3n) is 4.56. The van der Waals surface area contributed by atoms with Gasteiger partial charge >= 0.3 is 0 Å². The Morgan fingerprint density at radius 2 is 2.14 bits per heavy atom. The average Bonchev–Trinajstić information content (AvgIpc) is 2.48. The van der Waals surface area contributed by atoms with Gasteiger partial charge in [0.15, 0.2) is 0 Å². The van der Waals surface area contributed by atoms with Crippen molar-refractivity contribution in [2.75, 3.05) is 6.54 Å². The molecule has 0 spiro atoms. The first-order valence-corrected chi connectivity index (χ1v) is 9.12. The zero-order valence-corrected chi connectivity index (χ0v) is 15.1. The standard InChI is InChI=1S/C18H28BrNO/c1-4-14-7-6-8-16(11-14)21-18-12-15(19)9-10-17(18)13(3)20-5-2/h9-10,12-14,16,20H,4-8,11H2,1-3H3. The second kappa shape index (κ2) is 8.19. The predicted molar refractivity (Wildman–Crippen MR) is 92.9 cm³/mol. The summed E-state index contributed by atoms with van der Waals surface area (Å²) in [4.78, 5) is 0. The molecule has 3 unspecified atom stereocenters. The lowest BCUT2D eigenvalue weighted by molar-refractivity contribution is 0.120. The Hall–Kier alpha value is -0.540. The molecule has 3 atom stereocenters. The van der Waals surface area contributed by atoms with Gasteiger partial charge in [-0.05, 0) is 50.8 Å². The molecule has 1 aromatic carbocycles. The summed E-state index contributed by atoms with van der Waals surface area (Å²) in [5.41, 5.74) is 1.26. The Labute approximate surface area is 137 Å². The fraction of sp³-hybridized carbons (Fsp3) is 0.667. The Morgan fingerprint density at radius 3 is 2.86 bits per heavy atom. The van der Waals surface area contributed by atoms with Crippen LogP contribution in [0, 0.1) is 5.92 Å². The molecule has 21 heavy (non-hydrogen) atoms. The van der Waals surface area contributed by atoms with Gasteiger partial charge in [-0.3, -0.25) is 0 Å². The predicted octanol–water partition coefficient (Wildman–Crippen LogP) is 5.47. The molecule has 1 fully saturated rings. The first-order valence-electron chi connectivity index (χ1n) is 8.33. The summed E-state index contributed by atoms with van der Waals surface area (Å²) in [5.74, 6) is 1.88. The van der Waals surface area contributed by atoms with Crippen molar-refractivity contribution in [1.29, 1.82) is 0 Å². The van der Waals surface area contributed by atoms with Gasteiger partial charge in [-0.15, -0.1) is 0 Å². The molecule has 2 rings (SSSR count). The van der Waals surface area contributed by atoms with Crippen molar-refractivity contribution in [2.24, 2.45) is 5.92 Å². The molecule has 0 heterocycles. The molecule has 0 saturated heterocycles. The highest BCUT2D eigenvalue weighted by Crippen LogP contribution is 2.34. The van der Waals surface area contributed by atoms with E-state index in [0.717, 1.165) is 22.7 Å². The van der Waals surface area contributed by atoms with Crippen molar-refractivity contribution >= 4 is 15.9 Å². The van der Waals surface area contributed by atoms with E-state index in [1.807, 2.05) is 0 Å². The van der Waals surface area contributed by atoms with Gasteiger partial charge in [0, 0.05) is 16.1 Å². The Bertz CT molecular complexity index is 449. The number of hydrogen-bond donors (Lipinski definition) is 1. The number of benzene rings is 1. The molecule has 0 amide bonds. The molecular weight excluding hydrogens is 326 g/mol. The molecule has 1 aliphatic rings. The van der Waals surface area contributed by atoms with Gasteiger partial charge in [-0.1, -0.05) is 48.7 Å². The lowest BCUT2D eigenvalue weighted by atomic mass is 9.85. The van der Waals surface area contributed by atoms with Crippen LogP contribution in [0.1, 0.15) is 64.5 Å². The van der Waals surface area contributed by atoms with Gasteiger partial charge in [0.25, 0.3) is 0 Å². The van der Waals surface area contributed by atoms with E-state index in [1.54, 1.807) is 0 Å². The number of nitrogens with one attached hydrogen (secondary N) is 1. The van der Waals surface area contributed by atoms with E-state index in [1.165, 1.54) is 37.7 Å². The third-order valence-corrected chi connectivity index (χ3v) is 5.05. The fourth-order valence-electron chi connectivity index (χ4n) is 3.28. The number of ether oxygens (including phenoxy) is 1. The van der Waals surface area contributed by atoms with E-state index in [0.29, 0.717) is 12.1 Å². The summed E-state index contributed by atoms with van der Waals surface area (Å²) in [6.07, 6.45) is 6.73. The summed E-state index contributed by atoms with van der Waals surface area (Å²) in [7, 11) is 0. The first-order chi connectivity index (χ1) is 10.1. The maximum Gasteiger partial charge on any atom is 0.125 e. The zero-order chi connectivity index (χ0) is 15.2. The fourth-order valence-corrected chi connectivity index (χ4v) is 3.62. The van der Waals surface area contributed by atoms with E-state index in [9.17, 15) is 0 Å². The minimum Gasteiger partial charge on any atom is -0.490 e. The molecule has 0 aromatic heterocycles. The highest BCUT2D eigenvalue weighted by Gasteiger charge is 2.23. The molecule has 0 radical (unpaired) electrons. The van der Waals surface area contributed by atoms with Crippen LogP contribution in [0.15, 0.2) is 22.7 Å². The second-order valence-electron chi connectivity index (χ2n) is 6.14. The Kier molecular flexibility index (Phi) is 6.56. The summed E-state index contributed by atoms with van der Waals surface area (Å²) < 4.78 is 7.49. The minimum atomic E-state index is 0.323. The van der Waals surface area contributed by atoms with Crippen LogP contribution in [0.2, 0.25) is 0 Å². The van der Waals surface area contributed by atoms with Gasteiger partial charge in [-0.2, -0.15) is 0 Å². The maximum atomic E-state index is 6.40. The molecule has 118 valence electrons. The molecule has 1 aliphatic carbocycles. The number of rotatable bonds is 6. The van der Waals surface area contributed by atoms with Gasteiger partial charge in [0.05, 0.1) is 6.10 Å². The van der Waals surface area contributed by atoms with Crippen LogP contribution in [0.5, 0.6) is 5.75 Å². The summed E-state index contributed by atoms with van der Waals surface area (Å²) in [5, 5.41) is 3.48. The van der Waals surface area contributed by atoms with Crippen LogP contribution in [0.4, 0.5) is 0 Å². The third kappa shape index (κ3) is 4.72. The molecule has 2 nitrogen and oxygen atoms in total. The van der Waals surface area contributed by atoms with E-state index in [2.05, 4.69) is 60.2 Å². The van der Waals surface area contributed by atoms with Crippen molar-refractivity contribution in [3.8, 4) is 5.75 Å². The average molecular weight is 354 g/mol. The van der Waals surface area contributed by atoms with Crippen molar-refractivity contribution in [3.63, 3.8) is 0 Å². The molecule has 1 N–H and O–H groups in total. The highest BCUT2D eigenvalue weighted by atomic mass is 79.9. The van der Waals surface area contributed by atoms with Gasteiger partial charge < -0.3 is 10.1 Å². The van der Waals surface area contributed by atoms with Gasteiger partial charge in [0.1, 0.15) is 5.75 Å². The molecule has 0 aliphatic heterocycles. The zero-order valence-electron chi connectivity index (χ0n) is 13.5. The van der Waals surface area contributed by atoms with Crippen LogP contribution in [0.3, 0.4) is 0 Å². The SMILES string of the molecule is CCNC(C)c1ccc(Br)cc1OC1CCCC(CC)C1. The van der Waals surface area contributed by atoms with Crippen molar-refractivity contribution in [2.45, 2.75) is 65.0 Å². The maximum absolute atomic E-state index is 6.40. The lowest BCUT2D eigenvalue weighted by Crippen LogP contribution is -2.26. The normalized spacial score (nSPS) is 23.8. The van der Waals surface area contributed by atoms with Crippen molar-refractivity contribution in [1.82, 2.24) is 5.32 Å². The quantitative estimate of drug-likeness (QED) is 0.732. The lowest BCUT2D eigenvalue weighted by Gasteiger charge is -2.30. The van der Waals surface area contributed by atoms with E-state index >= 15 is 0 Å². The minimum absolute atomic E-state index is 0.323. The molecule has 1 saturated carbocycles. The van der Waals surface area contributed by atoms with Crippen LogP contribution in [-0.2, 0) is 0 Å². The smallest absolute Gasteiger partial charge is 0.125 e. The monoisotopic (exact) mass is 353 g/mol. The Morgan fingerprint density at radius 1 is 1.33 bits per heavy atom. The van der Waals surface area contributed by atoms with Gasteiger partial charge in [-0.25, -0.2) is 0 Å². The highest BCUT2D eigenvalue weighted by molar-refractivity contribution is 9.10. The molecule has 1 aromatic rings. The number of hydrogen-bond acceptors (Lipinski definition) is 2. The van der Waals surface area contributed by atoms with E-state index in [4.69, 9.17) is 4.74 Å². The molecule has 3 heteroatoms. The van der Waals surface area contributed by atoms with Crippen molar-refractivity contribution in [3.05, 3.63) is 28.2 Å². The van der Waals surface area contributed by atoms with Gasteiger partial charge in [0.2, 0.25) is 0 Å². The topological polar surface area (TPSA) is 21.3 Å². The van der Waals surface area contributed by atoms with E-state index in [-0.39, 0.29) is 0 Å². The largest absolute Gasteiger partial charge is 0.490 e. The van der Waals surface area contributed by atoms with Crippen LogP contribution >= 0.6 is 15.9 Å². The number of halogens is 1. The van der Waals surface area contributed by atoms with E-state index < -0.39 is 0 Å². The molecular formula is C18H28BrNO. The summed E-state index contributed by atoms with van der Waals surface area (Å²) in [6, 6.07) is 6.72. The van der Waals surface area contributed by atoms with Crippen LogP contribution in [-0.4, -0.2) is 12.6 Å². The molecule has 0 bridgehead atoms. The summed E-state index contributed by atoms with van der Waals surface area (Å²) in [6.45, 7) is 7.61. The first kappa shape index (κ1) is 16.8. The Balaban J connectivity index is 2.12. The van der Waals surface area contributed by atoms with Crippen molar-refractivity contribution < 1.29 is 4.74 Å². The summed E-state index contributed by atoms with van der Waals surface area (Å²) >= 11 is 3.57. The second-order valence-corrected chi connectivity index (χ2v) is 7.06.